The third kappa shape index (κ3) is 3.76. The summed E-state index contributed by atoms with van der Waals surface area (Å²) in [7, 11) is 0. The maximum absolute atomic E-state index is 13.3. The number of aliphatic hydroxyl groups is 1. The van der Waals surface area contributed by atoms with Crippen LogP contribution in [-0.4, -0.2) is 69.4 Å². The van der Waals surface area contributed by atoms with Crippen LogP contribution in [0.25, 0.3) is 0 Å². The van der Waals surface area contributed by atoms with Gasteiger partial charge in [-0.3, -0.25) is 14.5 Å². The van der Waals surface area contributed by atoms with E-state index in [1.165, 1.54) is 4.90 Å². The highest BCUT2D eigenvalue weighted by molar-refractivity contribution is 6.07. The normalized spacial score (nSPS) is 19.0. The Labute approximate surface area is 165 Å². The van der Waals surface area contributed by atoms with Crippen LogP contribution in [0.3, 0.4) is 0 Å². The Morgan fingerprint density at radius 2 is 1.82 bits per heavy atom. The highest BCUT2D eigenvalue weighted by Gasteiger charge is 2.57. The van der Waals surface area contributed by atoms with Crippen molar-refractivity contribution in [1.82, 2.24) is 14.7 Å². The van der Waals surface area contributed by atoms with E-state index in [0.29, 0.717) is 45.3 Å². The number of carbonyl (C=O) groups excluding carboxylic acids is 3. The molecule has 4 amide bonds. The van der Waals surface area contributed by atoms with Crippen molar-refractivity contribution in [3.8, 4) is 0 Å². The molecule has 3 rings (SSSR count). The number of urea groups is 1. The van der Waals surface area contributed by atoms with Crippen molar-refractivity contribution in [3.05, 3.63) is 35.9 Å². The lowest BCUT2D eigenvalue weighted by atomic mass is 9.85. The van der Waals surface area contributed by atoms with Crippen LogP contribution in [0.2, 0.25) is 0 Å². The molecule has 1 aromatic rings. The first-order valence-corrected chi connectivity index (χ1v) is 10.1. The minimum absolute atomic E-state index is 0.0674. The van der Waals surface area contributed by atoms with Crippen LogP contribution in [0.15, 0.2) is 30.3 Å². The molecule has 0 aromatic heterocycles. The summed E-state index contributed by atoms with van der Waals surface area (Å²) in [5.41, 5.74) is 0.0716. The van der Waals surface area contributed by atoms with Gasteiger partial charge in [-0.15, -0.1) is 0 Å². The number of likely N-dealkylation sites (tertiary alicyclic amines) is 1. The Morgan fingerprint density at radius 1 is 1.14 bits per heavy atom. The van der Waals surface area contributed by atoms with E-state index in [2.05, 4.69) is 0 Å². The zero-order valence-electron chi connectivity index (χ0n) is 16.5. The third-order valence-electron chi connectivity index (χ3n) is 5.75. The zero-order valence-corrected chi connectivity index (χ0v) is 16.5. The van der Waals surface area contributed by atoms with E-state index in [-0.39, 0.29) is 31.0 Å². The van der Waals surface area contributed by atoms with E-state index in [9.17, 15) is 14.4 Å². The fourth-order valence-corrected chi connectivity index (χ4v) is 4.18. The lowest BCUT2D eigenvalue weighted by Gasteiger charge is -2.42. The number of benzene rings is 1. The summed E-state index contributed by atoms with van der Waals surface area (Å²) < 4.78 is 0. The van der Waals surface area contributed by atoms with E-state index >= 15 is 0 Å². The molecule has 1 N–H and O–H groups in total. The molecule has 2 heterocycles. The predicted molar refractivity (Wildman–Crippen MR) is 104 cm³/mol. The van der Waals surface area contributed by atoms with Crippen LogP contribution in [0.1, 0.15) is 44.6 Å². The van der Waals surface area contributed by atoms with Crippen molar-refractivity contribution >= 4 is 17.8 Å². The molecule has 0 radical (unpaired) electrons. The number of amides is 4. The molecule has 2 aliphatic heterocycles. The molecule has 2 fully saturated rings. The van der Waals surface area contributed by atoms with E-state index < -0.39 is 5.54 Å². The third-order valence-corrected chi connectivity index (χ3v) is 5.75. The summed E-state index contributed by atoms with van der Waals surface area (Å²) in [6, 6.07) is 9.35. The first kappa shape index (κ1) is 20.3. The number of piperidine rings is 1. The molecule has 0 aliphatic carbocycles. The minimum atomic E-state index is -0.897. The van der Waals surface area contributed by atoms with Crippen LogP contribution < -0.4 is 0 Å². The average molecular weight is 387 g/mol. The van der Waals surface area contributed by atoms with Crippen molar-refractivity contribution in [3.63, 3.8) is 0 Å². The predicted octanol–water partition coefficient (Wildman–Crippen LogP) is 1.99. The van der Waals surface area contributed by atoms with Crippen molar-refractivity contribution in [2.45, 2.75) is 51.1 Å². The lowest BCUT2D eigenvalue weighted by Crippen LogP contribution is -2.57. The maximum atomic E-state index is 13.3. The second kappa shape index (κ2) is 8.73. The van der Waals surface area contributed by atoms with Gasteiger partial charge in [0.1, 0.15) is 5.54 Å². The molecular formula is C21H29N3O4. The molecule has 7 heteroatoms. The van der Waals surface area contributed by atoms with Gasteiger partial charge in [0.25, 0.3) is 5.91 Å². The summed E-state index contributed by atoms with van der Waals surface area (Å²) in [6.07, 6.45) is 2.59. The van der Waals surface area contributed by atoms with Gasteiger partial charge in [-0.2, -0.15) is 0 Å². The van der Waals surface area contributed by atoms with Crippen LogP contribution in [-0.2, 0) is 16.1 Å². The van der Waals surface area contributed by atoms with E-state index in [1.54, 1.807) is 4.90 Å². The number of rotatable bonds is 7. The van der Waals surface area contributed by atoms with Gasteiger partial charge in [0.15, 0.2) is 0 Å². The second-order valence-electron chi connectivity index (χ2n) is 7.55. The highest BCUT2D eigenvalue weighted by Crippen LogP contribution is 2.38. The molecule has 0 atom stereocenters. The first-order chi connectivity index (χ1) is 13.5. The van der Waals surface area contributed by atoms with Gasteiger partial charge in [0.05, 0.1) is 0 Å². The summed E-state index contributed by atoms with van der Waals surface area (Å²) in [4.78, 5) is 43.4. The molecule has 1 spiro atoms. The first-order valence-electron chi connectivity index (χ1n) is 10.1. The highest BCUT2D eigenvalue weighted by atomic mass is 16.3. The largest absolute Gasteiger partial charge is 0.396 e. The number of aliphatic hydroxyl groups excluding tert-OH is 1. The maximum Gasteiger partial charge on any atom is 0.327 e. The molecule has 0 saturated carbocycles. The fraction of sp³-hybridized carbons (Fsp3) is 0.571. The second-order valence-corrected chi connectivity index (χ2v) is 7.55. The van der Waals surface area contributed by atoms with Crippen LogP contribution in [0.5, 0.6) is 0 Å². The smallest absolute Gasteiger partial charge is 0.327 e. The average Bonchev–Trinajstić information content (AvgIpc) is 2.89. The van der Waals surface area contributed by atoms with Crippen molar-refractivity contribution in [2.75, 3.05) is 26.2 Å². The summed E-state index contributed by atoms with van der Waals surface area (Å²) in [5, 5.41) is 9.14. The van der Waals surface area contributed by atoms with Crippen LogP contribution in [0.4, 0.5) is 4.79 Å². The topological polar surface area (TPSA) is 81.2 Å². The number of imide groups is 1. The summed E-state index contributed by atoms with van der Waals surface area (Å²) in [6.45, 7) is 3.46. The van der Waals surface area contributed by atoms with Gasteiger partial charge in [0.2, 0.25) is 5.91 Å². The molecule has 2 aliphatic rings. The number of carbonyl (C=O) groups is 3. The molecule has 0 unspecified atom stereocenters. The standard InChI is InChI=1S/C21H29N3O4/c1-2-7-18(26)22-13-10-21(11-14-22)19(27)23(12-6-15-25)20(28)24(21)16-17-8-4-3-5-9-17/h3-5,8-9,25H,2,6-7,10-16H2,1H3. The Kier molecular flexibility index (Phi) is 6.34. The van der Waals surface area contributed by atoms with Crippen molar-refractivity contribution in [2.24, 2.45) is 0 Å². The molecule has 28 heavy (non-hydrogen) atoms. The van der Waals surface area contributed by atoms with Crippen LogP contribution in [0, 0.1) is 0 Å². The Bertz CT molecular complexity index is 714. The van der Waals surface area contributed by atoms with Gasteiger partial charge >= 0.3 is 6.03 Å². The number of hydrogen-bond donors (Lipinski definition) is 1. The number of nitrogens with zero attached hydrogens (tertiary/aromatic N) is 3. The van der Waals surface area contributed by atoms with Gasteiger partial charge in [-0.25, -0.2) is 4.79 Å². The number of hydrogen-bond acceptors (Lipinski definition) is 4. The zero-order chi connectivity index (χ0) is 20.1. The van der Waals surface area contributed by atoms with Crippen molar-refractivity contribution in [1.29, 1.82) is 0 Å². The van der Waals surface area contributed by atoms with E-state index in [4.69, 9.17) is 5.11 Å². The van der Waals surface area contributed by atoms with E-state index in [0.717, 1.165) is 12.0 Å². The molecular weight excluding hydrogens is 358 g/mol. The minimum Gasteiger partial charge on any atom is -0.396 e. The van der Waals surface area contributed by atoms with Gasteiger partial charge < -0.3 is 14.9 Å². The summed E-state index contributed by atoms with van der Waals surface area (Å²) >= 11 is 0. The van der Waals surface area contributed by atoms with E-state index in [1.807, 2.05) is 42.2 Å². The van der Waals surface area contributed by atoms with Gasteiger partial charge in [0, 0.05) is 39.2 Å². The SMILES string of the molecule is CCCC(=O)N1CCC2(CC1)C(=O)N(CCCO)C(=O)N2Cc1ccccc1. The van der Waals surface area contributed by atoms with Gasteiger partial charge in [-0.05, 0) is 31.2 Å². The quantitative estimate of drug-likeness (QED) is 0.726. The molecule has 2 saturated heterocycles. The van der Waals surface area contributed by atoms with Crippen molar-refractivity contribution < 1.29 is 19.5 Å². The molecule has 152 valence electrons. The molecule has 7 nitrogen and oxygen atoms in total. The summed E-state index contributed by atoms with van der Waals surface area (Å²) in [5.74, 6) is -0.0784. The Hall–Kier alpha value is -2.41. The van der Waals surface area contributed by atoms with Crippen LogP contribution >= 0.6 is 0 Å². The fourth-order valence-electron chi connectivity index (χ4n) is 4.18. The Morgan fingerprint density at radius 3 is 2.43 bits per heavy atom. The lowest BCUT2D eigenvalue weighted by molar-refractivity contribution is -0.141. The Balaban J connectivity index is 1.83. The monoisotopic (exact) mass is 387 g/mol. The molecule has 0 bridgehead atoms. The van der Waals surface area contributed by atoms with Gasteiger partial charge in [-0.1, -0.05) is 37.3 Å². The molecule has 1 aromatic carbocycles.